The molecular weight excluding hydrogens is 466 g/mol. The second-order valence-corrected chi connectivity index (χ2v) is 8.72. The van der Waals surface area contributed by atoms with E-state index in [1.807, 2.05) is 42.5 Å². The van der Waals surface area contributed by atoms with Crippen molar-refractivity contribution in [3.63, 3.8) is 0 Å². The average Bonchev–Trinajstić information content (AvgIpc) is 3.25. The third kappa shape index (κ3) is 4.38. The number of imide groups is 2. The molecule has 0 aromatic heterocycles. The number of anilines is 2. The molecule has 2 heterocycles. The van der Waals surface area contributed by atoms with Crippen LogP contribution in [0, 0.1) is 0 Å². The summed E-state index contributed by atoms with van der Waals surface area (Å²) in [6, 6.07) is 19.4. The number of methoxy groups -OCH3 is 1. The average molecular weight is 488 g/mol. The van der Waals surface area contributed by atoms with E-state index >= 15 is 0 Å². The Bertz CT molecular complexity index is 1380. The van der Waals surface area contributed by atoms with Gasteiger partial charge in [0.25, 0.3) is 11.8 Å². The molecule has 0 saturated carbocycles. The van der Waals surface area contributed by atoms with E-state index in [1.165, 1.54) is 13.2 Å². The van der Waals surface area contributed by atoms with Crippen LogP contribution in [0.4, 0.5) is 16.2 Å². The summed E-state index contributed by atoms with van der Waals surface area (Å²) < 4.78 is 5.19. The zero-order valence-electron chi connectivity index (χ0n) is 19.0. The lowest BCUT2D eigenvalue weighted by atomic mass is 10.0. The van der Waals surface area contributed by atoms with Crippen LogP contribution in [-0.2, 0) is 22.6 Å². The number of hydrogen-bond acceptors (Lipinski definition) is 5. The van der Waals surface area contributed by atoms with Crippen molar-refractivity contribution < 1.29 is 19.1 Å². The zero-order chi connectivity index (χ0) is 24.5. The van der Waals surface area contributed by atoms with Gasteiger partial charge in [0.05, 0.1) is 12.8 Å². The number of carbonyl (C=O) groups excluding carboxylic acids is 3. The molecule has 8 heteroatoms. The van der Waals surface area contributed by atoms with E-state index in [-0.39, 0.29) is 5.57 Å². The molecule has 0 radical (unpaired) electrons. The highest BCUT2D eigenvalue weighted by Crippen LogP contribution is 2.32. The molecule has 2 aliphatic rings. The predicted molar refractivity (Wildman–Crippen MR) is 135 cm³/mol. The smallest absolute Gasteiger partial charge is 0.335 e. The number of rotatable bonds is 5. The van der Waals surface area contributed by atoms with Gasteiger partial charge in [-0.05, 0) is 59.5 Å². The molecule has 1 fully saturated rings. The summed E-state index contributed by atoms with van der Waals surface area (Å²) in [6.07, 6.45) is 2.36. The van der Waals surface area contributed by atoms with Crippen LogP contribution in [0.5, 0.6) is 5.75 Å². The van der Waals surface area contributed by atoms with Crippen molar-refractivity contribution >= 4 is 46.9 Å². The van der Waals surface area contributed by atoms with Crippen LogP contribution in [0.15, 0.2) is 72.3 Å². The van der Waals surface area contributed by atoms with Gasteiger partial charge in [-0.3, -0.25) is 14.9 Å². The van der Waals surface area contributed by atoms with E-state index in [9.17, 15) is 14.4 Å². The first kappa shape index (κ1) is 22.7. The highest BCUT2D eigenvalue weighted by Gasteiger charge is 2.37. The quantitative estimate of drug-likeness (QED) is 0.421. The summed E-state index contributed by atoms with van der Waals surface area (Å²) in [5.41, 5.74) is 4.19. The zero-order valence-corrected chi connectivity index (χ0v) is 19.7. The van der Waals surface area contributed by atoms with E-state index in [1.54, 1.807) is 24.3 Å². The molecule has 0 unspecified atom stereocenters. The molecular formula is C27H22ClN3O4. The molecule has 3 aromatic carbocycles. The Morgan fingerprint density at radius 2 is 1.86 bits per heavy atom. The number of urea groups is 1. The number of halogens is 1. The summed E-state index contributed by atoms with van der Waals surface area (Å²) in [5.74, 6) is -0.918. The van der Waals surface area contributed by atoms with Gasteiger partial charge in [-0.1, -0.05) is 41.9 Å². The lowest BCUT2D eigenvalue weighted by molar-refractivity contribution is -0.122. The standard InChI is InChI=1S/C27H22ClN3O4/c1-35-21-7-4-6-20(15-21)31-26(33)22(25(32)29-27(31)34)14-17-9-10-24-18(13-17)11-12-30(24)16-19-5-2-3-8-23(19)28/h2-10,13-15H,11-12,16H2,1H3,(H,29,32,34). The van der Waals surface area contributed by atoms with Gasteiger partial charge in [0.1, 0.15) is 11.3 Å². The van der Waals surface area contributed by atoms with Crippen LogP contribution in [0.2, 0.25) is 5.02 Å². The van der Waals surface area contributed by atoms with E-state index < -0.39 is 17.8 Å². The largest absolute Gasteiger partial charge is 0.497 e. The first-order valence-electron chi connectivity index (χ1n) is 11.1. The number of ether oxygens (including phenoxy) is 1. The van der Waals surface area contributed by atoms with Crippen LogP contribution < -0.4 is 19.9 Å². The number of barbiturate groups is 1. The minimum atomic E-state index is -0.797. The Kier molecular flexibility index (Phi) is 6.01. The molecule has 1 N–H and O–H groups in total. The maximum absolute atomic E-state index is 13.2. The Morgan fingerprint density at radius 1 is 1.03 bits per heavy atom. The number of carbonyl (C=O) groups is 3. The number of hydrogen-bond donors (Lipinski definition) is 1. The van der Waals surface area contributed by atoms with E-state index in [0.29, 0.717) is 23.5 Å². The number of nitrogens with one attached hydrogen (secondary N) is 1. The van der Waals surface area contributed by atoms with E-state index in [0.717, 1.165) is 39.7 Å². The van der Waals surface area contributed by atoms with Gasteiger partial charge in [-0.2, -0.15) is 0 Å². The van der Waals surface area contributed by atoms with E-state index in [2.05, 4.69) is 10.2 Å². The molecule has 3 aromatic rings. The van der Waals surface area contributed by atoms with Gasteiger partial charge in [0.15, 0.2) is 0 Å². The third-order valence-corrected chi connectivity index (χ3v) is 6.51. The van der Waals surface area contributed by atoms with Crippen molar-refractivity contribution in [2.75, 3.05) is 23.5 Å². The number of nitrogens with zero attached hydrogens (tertiary/aromatic N) is 2. The first-order chi connectivity index (χ1) is 16.9. The monoisotopic (exact) mass is 487 g/mol. The molecule has 35 heavy (non-hydrogen) atoms. The van der Waals surface area contributed by atoms with Crippen molar-refractivity contribution in [1.82, 2.24) is 5.32 Å². The minimum absolute atomic E-state index is 0.113. The Labute approximate surface area is 207 Å². The molecule has 4 amide bonds. The summed E-state index contributed by atoms with van der Waals surface area (Å²) >= 11 is 6.33. The lowest BCUT2D eigenvalue weighted by Crippen LogP contribution is -2.54. The summed E-state index contributed by atoms with van der Waals surface area (Å²) in [7, 11) is 1.50. The van der Waals surface area contributed by atoms with Crippen LogP contribution in [0.1, 0.15) is 16.7 Å². The van der Waals surface area contributed by atoms with Crippen molar-refractivity contribution in [1.29, 1.82) is 0 Å². The Balaban J connectivity index is 1.42. The van der Waals surface area contributed by atoms with Crippen LogP contribution in [0.3, 0.4) is 0 Å². The predicted octanol–water partition coefficient (Wildman–Crippen LogP) is 4.58. The number of fused-ring (bicyclic) bond motifs is 1. The summed E-state index contributed by atoms with van der Waals surface area (Å²) in [6.45, 7) is 1.55. The van der Waals surface area contributed by atoms with Crippen LogP contribution in [0.25, 0.3) is 6.08 Å². The fourth-order valence-electron chi connectivity index (χ4n) is 4.38. The second-order valence-electron chi connectivity index (χ2n) is 8.31. The highest BCUT2D eigenvalue weighted by molar-refractivity contribution is 6.39. The second kappa shape index (κ2) is 9.27. The third-order valence-electron chi connectivity index (χ3n) is 6.14. The number of benzene rings is 3. The SMILES string of the molecule is COc1cccc(N2C(=O)NC(=O)C(=Cc3ccc4c(c3)CCN4Cc3ccccc3Cl)C2=O)c1. The molecule has 1 saturated heterocycles. The Hall–Kier alpha value is -4.10. The van der Waals surface area contributed by atoms with Crippen molar-refractivity contribution in [3.8, 4) is 5.75 Å². The molecule has 7 nitrogen and oxygen atoms in total. The first-order valence-corrected chi connectivity index (χ1v) is 11.5. The highest BCUT2D eigenvalue weighted by atomic mass is 35.5. The molecule has 5 rings (SSSR count). The van der Waals surface area contributed by atoms with E-state index in [4.69, 9.17) is 16.3 Å². The van der Waals surface area contributed by atoms with Crippen LogP contribution in [-0.4, -0.2) is 31.5 Å². The molecule has 0 aliphatic carbocycles. The van der Waals surface area contributed by atoms with Crippen LogP contribution >= 0.6 is 11.6 Å². The van der Waals surface area contributed by atoms with Gasteiger partial charge in [0.2, 0.25) is 0 Å². The molecule has 176 valence electrons. The molecule has 0 spiro atoms. The van der Waals surface area contributed by atoms with Gasteiger partial charge >= 0.3 is 6.03 Å². The fraction of sp³-hybridized carbons (Fsp3) is 0.148. The maximum atomic E-state index is 13.2. The summed E-state index contributed by atoms with van der Waals surface area (Å²) in [4.78, 5) is 41.4. The van der Waals surface area contributed by atoms with Crippen molar-refractivity contribution in [3.05, 3.63) is 94.0 Å². The lowest BCUT2D eigenvalue weighted by Gasteiger charge is -2.26. The number of amides is 4. The molecule has 0 bridgehead atoms. The maximum Gasteiger partial charge on any atom is 0.335 e. The topological polar surface area (TPSA) is 79.0 Å². The normalized spacial score (nSPS) is 16.5. The molecule has 0 atom stereocenters. The molecule has 2 aliphatic heterocycles. The summed E-state index contributed by atoms with van der Waals surface area (Å²) in [5, 5.41) is 2.99. The Morgan fingerprint density at radius 3 is 2.66 bits per heavy atom. The van der Waals surface area contributed by atoms with Gasteiger partial charge < -0.3 is 9.64 Å². The minimum Gasteiger partial charge on any atom is -0.497 e. The van der Waals surface area contributed by atoms with Gasteiger partial charge in [-0.15, -0.1) is 0 Å². The fourth-order valence-corrected chi connectivity index (χ4v) is 4.58. The van der Waals surface area contributed by atoms with Gasteiger partial charge in [-0.25, -0.2) is 9.69 Å². The van der Waals surface area contributed by atoms with Crippen molar-refractivity contribution in [2.24, 2.45) is 0 Å². The van der Waals surface area contributed by atoms with Crippen molar-refractivity contribution in [2.45, 2.75) is 13.0 Å². The van der Waals surface area contributed by atoms with Gasteiger partial charge in [0, 0.05) is 29.9 Å².